The number of rotatable bonds is 4. The Hall–Kier alpha value is -2.09. The van der Waals surface area contributed by atoms with E-state index in [1.807, 2.05) is 5.32 Å². The van der Waals surface area contributed by atoms with Gasteiger partial charge >= 0.3 is 6.18 Å². The summed E-state index contributed by atoms with van der Waals surface area (Å²) in [6.45, 7) is -0.347. The summed E-state index contributed by atoms with van der Waals surface area (Å²) in [5, 5.41) is 5.90. The highest BCUT2D eigenvalue weighted by Gasteiger charge is 2.41. The second-order valence-electron chi connectivity index (χ2n) is 4.19. The quantitative estimate of drug-likeness (QED) is 0.941. The van der Waals surface area contributed by atoms with Crippen molar-refractivity contribution in [2.24, 2.45) is 0 Å². The van der Waals surface area contributed by atoms with Gasteiger partial charge in [-0.05, 0) is 17.7 Å². The number of carbonyl (C=O) groups excluding carboxylic acids is 1. The summed E-state index contributed by atoms with van der Waals surface area (Å²) in [5.74, 6) is -0.822. The number of nitrogens with one attached hydrogen (secondary N) is 1. The second-order valence-corrected chi connectivity index (χ2v) is 4.62. The summed E-state index contributed by atoms with van der Waals surface area (Å²) in [5.41, 5.74) is -0.0983. The molecule has 0 saturated heterocycles. The van der Waals surface area contributed by atoms with Crippen molar-refractivity contribution in [1.29, 1.82) is 0 Å². The van der Waals surface area contributed by atoms with Crippen LogP contribution in [-0.4, -0.2) is 26.8 Å². The Labute approximate surface area is 122 Å². The van der Waals surface area contributed by atoms with Gasteiger partial charge in [-0.15, -0.1) is 0 Å². The third-order valence-electron chi connectivity index (χ3n) is 2.61. The SMILES string of the molecule is O=C(Cn1cncn1)N[C@@H](c1ccc(Cl)cc1)C(F)(F)F. The minimum atomic E-state index is -4.62. The van der Waals surface area contributed by atoms with Crippen LogP contribution in [0.15, 0.2) is 36.9 Å². The molecule has 1 aromatic heterocycles. The van der Waals surface area contributed by atoms with E-state index in [2.05, 4.69) is 10.1 Å². The van der Waals surface area contributed by atoms with E-state index in [1.165, 1.54) is 36.9 Å². The molecule has 0 aliphatic rings. The molecule has 0 radical (unpaired) electrons. The van der Waals surface area contributed by atoms with Crippen molar-refractivity contribution in [2.75, 3.05) is 0 Å². The lowest BCUT2D eigenvalue weighted by molar-refractivity contribution is -0.163. The molecule has 0 saturated carbocycles. The van der Waals surface area contributed by atoms with Crippen LogP contribution in [0.2, 0.25) is 5.02 Å². The lowest BCUT2D eigenvalue weighted by Crippen LogP contribution is -2.39. The third kappa shape index (κ3) is 4.19. The summed E-state index contributed by atoms with van der Waals surface area (Å²) in [4.78, 5) is 15.3. The average Bonchev–Trinajstić information content (AvgIpc) is 2.89. The molecule has 1 heterocycles. The van der Waals surface area contributed by atoms with Crippen LogP contribution >= 0.6 is 11.6 Å². The number of aromatic nitrogens is 3. The van der Waals surface area contributed by atoms with Gasteiger partial charge in [-0.25, -0.2) is 9.67 Å². The van der Waals surface area contributed by atoms with E-state index in [1.54, 1.807) is 0 Å². The van der Waals surface area contributed by atoms with Gasteiger partial charge in [0.05, 0.1) is 0 Å². The summed E-state index contributed by atoms with van der Waals surface area (Å²) < 4.78 is 40.3. The van der Waals surface area contributed by atoms with Crippen LogP contribution in [0, 0.1) is 0 Å². The molecule has 5 nitrogen and oxygen atoms in total. The van der Waals surface area contributed by atoms with Crippen molar-refractivity contribution < 1.29 is 18.0 Å². The highest BCUT2D eigenvalue weighted by Crippen LogP contribution is 2.33. The largest absolute Gasteiger partial charge is 0.412 e. The van der Waals surface area contributed by atoms with Crippen LogP contribution in [-0.2, 0) is 11.3 Å². The maximum absolute atomic E-state index is 13.1. The fourth-order valence-corrected chi connectivity index (χ4v) is 1.80. The number of amides is 1. The van der Waals surface area contributed by atoms with Crippen molar-refractivity contribution in [1.82, 2.24) is 20.1 Å². The number of benzene rings is 1. The normalized spacial score (nSPS) is 13.0. The van der Waals surface area contributed by atoms with Crippen molar-refractivity contribution >= 4 is 17.5 Å². The second kappa shape index (κ2) is 6.13. The molecule has 0 unspecified atom stereocenters. The first kappa shape index (κ1) is 15.3. The summed E-state index contributed by atoms with van der Waals surface area (Å²) in [6.07, 6.45) is -2.19. The molecule has 21 heavy (non-hydrogen) atoms. The van der Waals surface area contributed by atoms with Gasteiger partial charge in [-0.1, -0.05) is 23.7 Å². The van der Waals surface area contributed by atoms with Crippen LogP contribution < -0.4 is 5.32 Å². The Balaban J connectivity index is 2.13. The maximum Gasteiger partial charge on any atom is 0.412 e. The number of hydrogen-bond acceptors (Lipinski definition) is 3. The molecule has 1 N–H and O–H groups in total. The smallest absolute Gasteiger partial charge is 0.339 e. The van der Waals surface area contributed by atoms with Crippen LogP contribution in [0.3, 0.4) is 0 Å². The van der Waals surface area contributed by atoms with E-state index in [-0.39, 0.29) is 12.1 Å². The molecule has 1 aromatic carbocycles. The monoisotopic (exact) mass is 318 g/mol. The number of nitrogens with zero attached hydrogens (tertiary/aromatic N) is 3. The van der Waals surface area contributed by atoms with Gasteiger partial charge in [-0.3, -0.25) is 4.79 Å². The van der Waals surface area contributed by atoms with E-state index in [9.17, 15) is 18.0 Å². The van der Waals surface area contributed by atoms with Gasteiger partial charge in [-0.2, -0.15) is 18.3 Å². The fraction of sp³-hybridized carbons (Fsp3) is 0.250. The Morgan fingerprint density at radius 1 is 1.33 bits per heavy atom. The van der Waals surface area contributed by atoms with E-state index in [4.69, 9.17) is 11.6 Å². The summed E-state index contributed by atoms with van der Waals surface area (Å²) in [6, 6.07) is 3.00. The van der Waals surface area contributed by atoms with E-state index in [0.29, 0.717) is 5.02 Å². The summed E-state index contributed by atoms with van der Waals surface area (Å²) in [7, 11) is 0. The van der Waals surface area contributed by atoms with Crippen LogP contribution in [0.25, 0.3) is 0 Å². The molecule has 112 valence electrons. The number of carbonyl (C=O) groups is 1. The molecule has 0 aliphatic heterocycles. The lowest BCUT2D eigenvalue weighted by atomic mass is 10.1. The van der Waals surface area contributed by atoms with Crippen molar-refractivity contribution in [3.05, 3.63) is 47.5 Å². The highest BCUT2D eigenvalue weighted by molar-refractivity contribution is 6.30. The van der Waals surface area contributed by atoms with Gasteiger partial charge in [0.1, 0.15) is 19.2 Å². The van der Waals surface area contributed by atoms with E-state index >= 15 is 0 Å². The minimum absolute atomic E-state index is 0.0983. The number of hydrogen-bond donors (Lipinski definition) is 1. The molecular weight excluding hydrogens is 309 g/mol. The maximum atomic E-state index is 13.1. The molecule has 1 atom stereocenters. The average molecular weight is 319 g/mol. The van der Waals surface area contributed by atoms with Crippen LogP contribution in [0.5, 0.6) is 0 Å². The molecule has 0 fully saturated rings. The number of halogens is 4. The Morgan fingerprint density at radius 2 is 2.00 bits per heavy atom. The molecule has 0 bridgehead atoms. The first-order chi connectivity index (χ1) is 9.86. The molecule has 1 amide bonds. The van der Waals surface area contributed by atoms with Gasteiger partial charge in [0.25, 0.3) is 0 Å². The lowest BCUT2D eigenvalue weighted by Gasteiger charge is -2.22. The van der Waals surface area contributed by atoms with Gasteiger partial charge in [0, 0.05) is 5.02 Å². The van der Waals surface area contributed by atoms with Gasteiger partial charge < -0.3 is 5.32 Å². The molecule has 0 spiro atoms. The van der Waals surface area contributed by atoms with Gasteiger partial charge in [0.15, 0.2) is 6.04 Å². The van der Waals surface area contributed by atoms with E-state index in [0.717, 1.165) is 4.68 Å². The topological polar surface area (TPSA) is 59.8 Å². The first-order valence-electron chi connectivity index (χ1n) is 5.80. The Kier molecular flexibility index (Phi) is 4.46. The van der Waals surface area contributed by atoms with Crippen LogP contribution in [0.4, 0.5) is 13.2 Å². The Bertz CT molecular complexity index is 598. The molecule has 9 heteroatoms. The predicted molar refractivity (Wildman–Crippen MR) is 68.4 cm³/mol. The molecule has 2 rings (SSSR count). The zero-order chi connectivity index (χ0) is 15.5. The van der Waals surface area contributed by atoms with E-state index < -0.39 is 18.1 Å². The summed E-state index contributed by atoms with van der Waals surface area (Å²) >= 11 is 5.64. The van der Waals surface area contributed by atoms with Gasteiger partial charge in [0.2, 0.25) is 5.91 Å². The molecular formula is C12H10ClF3N4O. The predicted octanol–water partition coefficient (Wildman–Crippen LogP) is 2.35. The minimum Gasteiger partial charge on any atom is -0.339 e. The third-order valence-corrected chi connectivity index (χ3v) is 2.86. The number of alkyl halides is 3. The van der Waals surface area contributed by atoms with Crippen molar-refractivity contribution in [3.63, 3.8) is 0 Å². The zero-order valence-corrected chi connectivity index (χ0v) is 11.3. The van der Waals surface area contributed by atoms with Crippen molar-refractivity contribution in [3.8, 4) is 0 Å². The van der Waals surface area contributed by atoms with Crippen molar-refractivity contribution in [2.45, 2.75) is 18.8 Å². The highest BCUT2D eigenvalue weighted by atomic mass is 35.5. The Morgan fingerprint density at radius 3 is 2.52 bits per heavy atom. The standard InChI is InChI=1S/C12H10ClF3N4O/c13-9-3-1-8(2-4-9)11(12(14,15)16)19-10(21)5-20-7-17-6-18-20/h1-4,6-7,11H,5H2,(H,19,21)/t11-/m0/s1. The fourth-order valence-electron chi connectivity index (χ4n) is 1.68. The first-order valence-corrected chi connectivity index (χ1v) is 6.18. The molecule has 0 aliphatic carbocycles. The van der Waals surface area contributed by atoms with Crippen LogP contribution in [0.1, 0.15) is 11.6 Å². The molecule has 2 aromatic rings. The zero-order valence-electron chi connectivity index (χ0n) is 10.5.